The highest BCUT2D eigenvalue weighted by Crippen LogP contribution is 2.24. The summed E-state index contributed by atoms with van der Waals surface area (Å²) in [6.45, 7) is 2.41. The summed E-state index contributed by atoms with van der Waals surface area (Å²) >= 11 is 5.65. The first-order chi connectivity index (χ1) is 8.81. The van der Waals surface area contributed by atoms with E-state index in [4.69, 9.17) is 11.6 Å². The van der Waals surface area contributed by atoms with E-state index in [0.29, 0.717) is 13.0 Å². The van der Waals surface area contributed by atoms with Gasteiger partial charge in [0.05, 0.1) is 5.02 Å². The van der Waals surface area contributed by atoms with Gasteiger partial charge in [0.15, 0.2) is 0 Å². The number of hydrogen-bond donors (Lipinski definition) is 1. The van der Waals surface area contributed by atoms with E-state index in [1.807, 2.05) is 6.92 Å². The number of rotatable bonds is 6. The number of nitrogens with one attached hydrogen (secondary N) is 1. The Bertz CT molecular complexity index is 406. The largest absolute Gasteiger partial charge is 0.389 e. The van der Waals surface area contributed by atoms with Crippen LogP contribution in [-0.2, 0) is 6.42 Å². The molecule has 0 bridgehead atoms. The molecule has 0 aliphatic heterocycles. The molecule has 1 atom stereocenters. The van der Waals surface area contributed by atoms with E-state index in [1.54, 1.807) is 6.07 Å². The summed E-state index contributed by atoms with van der Waals surface area (Å²) in [6.07, 6.45) is -4.61. The smallest absolute Gasteiger partial charge is 0.314 e. The molecule has 0 saturated carbocycles. The fraction of sp³-hybridized carbons (Fsp3) is 0.538. The minimum atomic E-state index is -4.16. The molecular formula is C13H16ClF4N. The number of likely N-dealkylation sites (N-methyl/N-ethyl adjacent to an activating group) is 1. The standard InChI is InChI=1S/C13H16ClF4N/c1-2-19-10(5-6-13(16,17)18)7-9-3-4-12(15)11(14)8-9/h3-4,8,10,19H,2,5-7H2,1H3. The van der Waals surface area contributed by atoms with Crippen molar-refractivity contribution in [3.63, 3.8) is 0 Å². The third kappa shape index (κ3) is 6.25. The van der Waals surface area contributed by atoms with Gasteiger partial charge in [-0.2, -0.15) is 13.2 Å². The molecule has 1 aromatic carbocycles. The Balaban J connectivity index is 2.64. The molecule has 0 fully saturated rings. The van der Waals surface area contributed by atoms with Crippen LogP contribution < -0.4 is 5.32 Å². The van der Waals surface area contributed by atoms with Gasteiger partial charge in [-0.3, -0.25) is 0 Å². The van der Waals surface area contributed by atoms with Crippen LogP contribution in [0, 0.1) is 5.82 Å². The van der Waals surface area contributed by atoms with Crippen molar-refractivity contribution in [3.8, 4) is 0 Å². The zero-order valence-electron chi connectivity index (χ0n) is 10.5. The van der Waals surface area contributed by atoms with Gasteiger partial charge in [-0.25, -0.2) is 4.39 Å². The summed E-state index contributed by atoms with van der Waals surface area (Å²) in [4.78, 5) is 0. The zero-order chi connectivity index (χ0) is 14.5. The first kappa shape index (κ1) is 16.2. The van der Waals surface area contributed by atoms with Crippen LogP contribution in [0.3, 0.4) is 0 Å². The van der Waals surface area contributed by atoms with Crippen molar-refractivity contribution in [3.05, 3.63) is 34.6 Å². The predicted octanol–water partition coefficient (Wildman–Crippen LogP) is 4.34. The third-order valence-electron chi connectivity index (χ3n) is 2.74. The molecular weight excluding hydrogens is 282 g/mol. The molecule has 0 radical (unpaired) electrons. The monoisotopic (exact) mass is 297 g/mol. The molecule has 1 unspecified atom stereocenters. The second-order valence-corrected chi connectivity index (χ2v) is 4.77. The van der Waals surface area contributed by atoms with Crippen LogP contribution in [0.15, 0.2) is 18.2 Å². The van der Waals surface area contributed by atoms with Crippen molar-refractivity contribution in [1.82, 2.24) is 5.32 Å². The molecule has 0 amide bonds. The highest BCUT2D eigenvalue weighted by molar-refractivity contribution is 6.30. The molecule has 108 valence electrons. The molecule has 1 nitrogen and oxygen atoms in total. The lowest BCUT2D eigenvalue weighted by Crippen LogP contribution is -2.32. The van der Waals surface area contributed by atoms with E-state index in [1.165, 1.54) is 12.1 Å². The maximum absolute atomic E-state index is 13.0. The van der Waals surface area contributed by atoms with Crippen molar-refractivity contribution in [2.75, 3.05) is 6.54 Å². The van der Waals surface area contributed by atoms with E-state index < -0.39 is 18.4 Å². The van der Waals surface area contributed by atoms with Crippen LogP contribution in [0.25, 0.3) is 0 Å². The molecule has 0 aliphatic rings. The predicted molar refractivity (Wildman–Crippen MR) is 67.9 cm³/mol. The van der Waals surface area contributed by atoms with Crippen LogP contribution in [0.5, 0.6) is 0 Å². The molecule has 0 heterocycles. The van der Waals surface area contributed by atoms with Gasteiger partial charge >= 0.3 is 6.18 Å². The molecule has 1 rings (SSSR count). The van der Waals surface area contributed by atoms with Gasteiger partial charge in [0.2, 0.25) is 0 Å². The summed E-state index contributed by atoms with van der Waals surface area (Å²) in [6, 6.07) is 3.92. The number of alkyl halides is 3. The average Bonchev–Trinajstić information content (AvgIpc) is 2.30. The van der Waals surface area contributed by atoms with Gasteiger partial charge in [-0.05, 0) is 37.1 Å². The molecule has 19 heavy (non-hydrogen) atoms. The Hall–Kier alpha value is -0.810. The van der Waals surface area contributed by atoms with Crippen LogP contribution >= 0.6 is 11.6 Å². The number of halogens is 5. The molecule has 6 heteroatoms. The van der Waals surface area contributed by atoms with E-state index in [-0.39, 0.29) is 17.5 Å². The molecule has 1 aromatic rings. The molecule has 0 aliphatic carbocycles. The maximum atomic E-state index is 13.0. The van der Waals surface area contributed by atoms with E-state index in [0.717, 1.165) is 5.56 Å². The Morgan fingerprint density at radius 2 is 2.00 bits per heavy atom. The summed E-state index contributed by atoms with van der Waals surface area (Å²) in [5.74, 6) is -0.527. The highest BCUT2D eigenvalue weighted by atomic mass is 35.5. The third-order valence-corrected chi connectivity index (χ3v) is 3.02. The van der Waals surface area contributed by atoms with Crippen molar-refractivity contribution in [2.24, 2.45) is 0 Å². The van der Waals surface area contributed by atoms with E-state index in [2.05, 4.69) is 5.32 Å². The van der Waals surface area contributed by atoms with Crippen LogP contribution in [0.4, 0.5) is 17.6 Å². The van der Waals surface area contributed by atoms with Crippen LogP contribution in [0.2, 0.25) is 5.02 Å². The van der Waals surface area contributed by atoms with Crippen molar-refractivity contribution < 1.29 is 17.6 Å². The first-order valence-corrected chi connectivity index (χ1v) is 6.43. The van der Waals surface area contributed by atoms with Gasteiger partial charge in [-0.1, -0.05) is 24.6 Å². The lowest BCUT2D eigenvalue weighted by molar-refractivity contribution is -0.136. The minimum Gasteiger partial charge on any atom is -0.314 e. The number of benzene rings is 1. The first-order valence-electron chi connectivity index (χ1n) is 6.06. The van der Waals surface area contributed by atoms with Crippen LogP contribution in [-0.4, -0.2) is 18.8 Å². The molecule has 0 spiro atoms. The highest BCUT2D eigenvalue weighted by Gasteiger charge is 2.28. The normalized spacial score (nSPS) is 13.6. The fourth-order valence-electron chi connectivity index (χ4n) is 1.85. The van der Waals surface area contributed by atoms with E-state index >= 15 is 0 Å². The summed E-state index contributed by atoms with van der Waals surface area (Å²) in [5.41, 5.74) is 0.722. The topological polar surface area (TPSA) is 12.0 Å². The summed E-state index contributed by atoms with van der Waals surface area (Å²) in [5, 5.41) is 2.99. The second kappa shape index (κ2) is 7.10. The Morgan fingerprint density at radius 3 is 2.53 bits per heavy atom. The Labute approximate surface area is 115 Å². The average molecular weight is 298 g/mol. The lowest BCUT2D eigenvalue weighted by atomic mass is 10.0. The van der Waals surface area contributed by atoms with Gasteiger partial charge in [0.25, 0.3) is 0 Å². The second-order valence-electron chi connectivity index (χ2n) is 4.36. The van der Waals surface area contributed by atoms with Crippen LogP contribution in [0.1, 0.15) is 25.3 Å². The van der Waals surface area contributed by atoms with Gasteiger partial charge in [-0.15, -0.1) is 0 Å². The van der Waals surface area contributed by atoms with Crippen molar-refractivity contribution in [1.29, 1.82) is 0 Å². The minimum absolute atomic E-state index is 0.00760. The zero-order valence-corrected chi connectivity index (χ0v) is 11.3. The Morgan fingerprint density at radius 1 is 1.32 bits per heavy atom. The molecule has 0 saturated heterocycles. The van der Waals surface area contributed by atoms with Crippen molar-refractivity contribution >= 4 is 11.6 Å². The fourth-order valence-corrected chi connectivity index (χ4v) is 2.06. The number of hydrogen-bond acceptors (Lipinski definition) is 1. The van der Waals surface area contributed by atoms with E-state index in [9.17, 15) is 17.6 Å². The quantitative estimate of drug-likeness (QED) is 0.770. The SMILES string of the molecule is CCNC(CCC(F)(F)F)Cc1ccc(F)c(Cl)c1. The van der Waals surface area contributed by atoms with Gasteiger partial charge < -0.3 is 5.32 Å². The molecule has 0 aromatic heterocycles. The van der Waals surface area contributed by atoms with Gasteiger partial charge in [0, 0.05) is 12.5 Å². The lowest BCUT2D eigenvalue weighted by Gasteiger charge is -2.19. The molecule has 1 N–H and O–H groups in total. The van der Waals surface area contributed by atoms with Gasteiger partial charge in [0.1, 0.15) is 5.82 Å². The van der Waals surface area contributed by atoms with Crippen molar-refractivity contribution in [2.45, 2.75) is 38.4 Å². The maximum Gasteiger partial charge on any atom is 0.389 e. The summed E-state index contributed by atoms with van der Waals surface area (Å²) in [7, 11) is 0. The Kier molecular flexibility index (Phi) is 6.07. The summed E-state index contributed by atoms with van der Waals surface area (Å²) < 4.78 is 49.6.